The Bertz CT molecular complexity index is 361. The molecule has 0 aromatic carbocycles. The van der Waals surface area contributed by atoms with Gasteiger partial charge in [0, 0.05) is 19.7 Å². The quantitative estimate of drug-likeness (QED) is 0.574. The molecule has 0 N–H and O–H groups in total. The zero-order chi connectivity index (χ0) is 11.3. The van der Waals surface area contributed by atoms with Crippen molar-refractivity contribution in [2.75, 3.05) is 24.7 Å². The molecule has 4 nitrogen and oxygen atoms in total. The van der Waals surface area contributed by atoms with E-state index in [0.29, 0.717) is 6.54 Å². The Labute approximate surface area is 94.3 Å². The smallest absolute Gasteiger partial charge is 0.132 e. The molecule has 1 atom stereocenters. The van der Waals surface area contributed by atoms with Gasteiger partial charge < -0.3 is 4.90 Å². The molecule has 5 heteroatoms. The molecule has 1 aromatic rings. The maximum atomic E-state index is 8.72. The summed E-state index contributed by atoms with van der Waals surface area (Å²) in [6.45, 7) is 2.58. The average molecular weight is 222 g/mol. The fourth-order valence-electron chi connectivity index (χ4n) is 1.20. The Balaban J connectivity index is 2.73. The zero-order valence-electron chi connectivity index (χ0n) is 9.14. The van der Waals surface area contributed by atoms with E-state index >= 15 is 0 Å². The summed E-state index contributed by atoms with van der Waals surface area (Å²) in [5, 5.41) is 9.66. The molecule has 0 fully saturated rings. The van der Waals surface area contributed by atoms with Crippen molar-refractivity contribution >= 4 is 17.6 Å². The third kappa shape index (κ3) is 3.40. The van der Waals surface area contributed by atoms with Crippen LogP contribution in [-0.2, 0) is 0 Å². The molecule has 1 rings (SSSR count). The largest absolute Gasteiger partial charge is 0.358 e. The van der Waals surface area contributed by atoms with E-state index < -0.39 is 0 Å². The van der Waals surface area contributed by atoms with Crippen molar-refractivity contribution in [1.82, 2.24) is 9.97 Å². The van der Waals surface area contributed by atoms with Crippen LogP contribution in [0.4, 0.5) is 5.82 Å². The lowest BCUT2D eigenvalue weighted by molar-refractivity contribution is 0.707. The van der Waals surface area contributed by atoms with E-state index in [1.54, 1.807) is 18.1 Å². The van der Waals surface area contributed by atoms with Gasteiger partial charge in [0.1, 0.15) is 17.2 Å². The van der Waals surface area contributed by atoms with Crippen LogP contribution in [0.25, 0.3) is 0 Å². The number of thioether (sulfide) groups is 1. The fraction of sp³-hybridized carbons (Fsp3) is 0.500. The van der Waals surface area contributed by atoms with Gasteiger partial charge in [-0.2, -0.15) is 5.26 Å². The number of hydrogen-bond donors (Lipinski definition) is 0. The first-order valence-electron chi connectivity index (χ1n) is 4.64. The first-order chi connectivity index (χ1) is 7.17. The molecule has 80 valence electrons. The Hall–Kier alpha value is -1.28. The number of nitrogens with zero attached hydrogens (tertiary/aromatic N) is 4. The summed E-state index contributed by atoms with van der Waals surface area (Å²) in [6.07, 6.45) is 3.53. The van der Waals surface area contributed by atoms with Crippen molar-refractivity contribution in [2.24, 2.45) is 5.92 Å². The second kappa shape index (κ2) is 5.56. The molecule has 1 unspecified atom stereocenters. The van der Waals surface area contributed by atoms with Crippen LogP contribution in [0.2, 0.25) is 0 Å². The summed E-state index contributed by atoms with van der Waals surface area (Å²) in [5.74, 6) is 0.860. The Morgan fingerprint density at radius 2 is 2.33 bits per heavy atom. The van der Waals surface area contributed by atoms with Crippen LogP contribution < -0.4 is 4.90 Å². The third-order valence-corrected chi connectivity index (χ3v) is 2.64. The molecule has 0 aliphatic heterocycles. The summed E-state index contributed by atoms with van der Waals surface area (Å²) in [5.41, 5.74) is 0. The van der Waals surface area contributed by atoms with Gasteiger partial charge in [0.15, 0.2) is 0 Å². The van der Waals surface area contributed by atoms with Crippen LogP contribution in [0, 0.1) is 17.2 Å². The second-order valence-electron chi connectivity index (χ2n) is 3.33. The monoisotopic (exact) mass is 222 g/mol. The van der Waals surface area contributed by atoms with E-state index in [9.17, 15) is 0 Å². The molecule has 0 amide bonds. The lowest BCUT2D eigenvalue weighted by atomic mass is 10.2. The van der Waals surface area contributed by atoms with Crippen LogP contribution in [0.3, 0.4) is 0 Å². The molecule has 0 spiro atoms. The third-order valence-electron chi connectivity index (χ3n) is 2.00. The van der Waals surface area contributed by atoms with Crippen molar-refractivity contribution in [1.29, 1.82) is 5.26 Å². The van der Waals surface area contributed by atoms with Gasteiger partial charge in [0.2, 0.25) is 0 Å². The molecule has 0 bridgehead atoms. The number of anilines is 1. The van der Waals surface area contributed by atoms with Crippen LogP contribution in [0.15, 0.2) is 17.4 Å². The van der Waals surface area contributed by atoms with E-state index in [4.69, 9.17) is 5.26 Å². The standard InChI is InChI=1S/C10H14N4S/c1-8(5-11)6-14(2)9-4-10(15-3)13-7-12-9/h4,7-8H,6H2,1-3H3. The predicted octanol–water partition coefficient (Wildman–Crippen LogP) is 1.79. The first-order valence-corrected chi connectivity index (χ1v) is 5.86. The molecule has 0 saturated carbocycles. The van der Waals surface area contributed by atoms with Crippen LogP contribution in [0.5, 0.6) is 0 Å². The molecule has 1 heterocycles. The highest BCUT2D eigenvalue weighted by Crippen LogP contribution is 2.16. The van der Waals surface area contributed by atoms with Crippen LogP contribution >= 0.6 is 11.8 Å². The Morgan fingerprint density at radius 1 is 1.60 bits per heavy atom. The minimum atomic E-state index is 0.00250. The fourth-order valence-corrected chi connectivity index (χ4v) is 1.57. The summed E-state index contributed by atoms with van der Waals surface area (Å²) in [6, 6.07) is 4.13. The highest BCUT2D eigenvalue weighted by molar-refractivity contribution is 7.98. The lowest BCUT2D eigenvalue weighted by Gasteiger charge is -2.19. The zero-order valence-corrected chi connectivity index (χ0v) is 9.95. The number of hydrogen-bond acceptors (Lipinski definition) is 5. The highest BCUT2D eigenvalue weighted by Gasteiger charge is 2.07. The van der Waals surface area contributed by atoms with Gasteiger partial charge >= 0.3 is 0 Å². The second-order valence-corrected chi connectivity index (χ2v) is 4.16. The Morgan fingerprint density at radius 3 is 2.93 bits per heavy atom. The summed E-state index contributed by atoms with van der Waals surface area (Å²) < 4.78 is 0. The van der Waals surface area contributed by atoms with E-state index in [-0.39, 0.29) is 5.92 Å². The summed E-state index contributed by atoms with van der Waals surface area (Å²) in [7, 11) is 1.93. The van der Waals surface area contributed by atoms with Gasteiger partial charge in [-0.25, -0.2) is 9.97 Å². The van der Waals surface area contributed by atoms with E-state index in [1.807, 2.05) is 31.2 Å². The molecular weight excluding hydrogens is 208 g/mol. The molecule has 0 radical (unpaired) electrons. The molecule has 0 aliphatic carbocycles. The molecule has 15 heavy (non-hydrogen) atoms. The van der Waals surface area contributed by atoms with Crippen molar-refractivity contribution in [3.05, 3.63) is 12.4 Å². The SMILES string of the molecule is CSc1cc(N(C)CC(C)C#N)ncn1. The summed E-state index contributed by atoms with van der Waals surface area (Å²) >= 11 is 1.58. The molecule has 0 aliphatic rings. The molecule has 0 saturated heterocycles. The lowest BCUT2D eigenvalue weighted by Crippen LogP contribution is -2.24. The van der Waals surface area contributed by atoms with Gasteiger partial charge in [-0.1, -0.05) is 0 Å². The van der Waals surface area contributed by atoms with Crippen molar-refractivity contribution in [3.8, 4) is 6.07 Å². The van der Waals surface area contributed by atoms with Gasteiger partial charge in [-0.15, -0.1) is 11.8 Å². The topological polar surface area (TPSA) is 52.8 Å². The number of nitriles is 1. The van der Waals surface area contributed by atoms with Crippen LogP contribution in [0.1, 0.15) is 6.92 Å². The summed E-state index contributed by atoms with van der Waals surface area (Å²) in [4.78, 5) is 10.2. The van der Waals surface area contributed by atoms with E-state index in [0.717, 1.165) is 10.8 Å². The predicted molar refractivity (Wildman–Crippen MR) is 61.9 cm³/mol. The minimum absolute atomic E-state index is 0.00250. The normalized spacial score (nSPS) is 11.9. The van der Waals surface area contributed by atoms with Crippen LogP contribution in [-0.4, -0.2) is 29.8 Å². The molecular formula is C10H14N4S. The average Bonchev–Trinajstić information content (AvgIpc) is 2.28. The maximum absolute atomic E-state index is 8.72. The highest BCUT2D eigenvalue weighted by atomic mass is 32.2. The van der Waals surface area contributed by atoms with Crippen molar-refractivity contribution in [3.63, 3.8) is 0 Å². The van der Waals surface area contributed by atoms with Gasteiger partial charge in [-0.05, 0) is 13.2 Å². The van der Waals surface area contributed by atoms with Crippen molar-refractivity contribution in [2.45, 2.75) is 11.9 Å². The Kier molecular flexibility index (Phi) is 4.37. The van der Waals surface area contributed by atoms with Gasteiger partial charge in [0.25, 0.3) is 0 Å². The number of rotatable bonds is 4. The first kappa shape index (κ1) is 11.8. The number of aromatic nitrogens is 2. The maximum Gasteiger partial charge on any atom is 0.132 e. The van der Waals surface area contributed by atoms with Crippen molar-refractivity contribution < 1.29 is 0 Å². The van der Waals surface area contributed by atoms with E-state index in [1.165, 1.54) is 0 Å². The minimum Gasteiger partial charge on any atom is -0.358 e. The van der Waals surface area contributed by atoms with Gasteiger partial charge in [-0.3, -0.25) is 0 Å². The van der Waals surface area contributed by atoms with E-state index in [2.05, 4.69) is 16.0 Å². The van der Waals surface area contributed by atoms with Gasteiger partial charge in [0.05, 0.1) is 12.0 Å². The molecule has 1 aromatic heterocycles.